The van der Waals surface area contributed by atoms with Gasteiger partial charge in [-0.2, -0.15) is 0 Å². The summed E-state index contributed by atoms with van der Waals surface area (Å²) in [4.78, 5) is 24.3. The third kappa shape index (κ3) is 6.52. The van der Waals surface area contributed by atoms with Gasteiger partial charge in [-0.3, -0.25) is 9.59 Å². The SMILES string of the molecule is C=C/C=C(\C=C)[C@@H](CNC(=O)C1C[C@H](C)CC[C@H]1C(C)C)NC(C)=O. The summed E-state index contributed by atoms with van der Waals surface area (Å²) >= 11 is 0. The standard InChI is InChI=1S/C21H34N2O2/c1-7-9-17(8-2)20(23-16(6)24)13-22-21(25)19-12-15(5)10-11-18(19)14(3)4/h7-9,14-15,18-20H,1-2,10-13H2,3-6H3,(H,22,25)(H,23,24)/b17-9+/t15-,18+,19?,20-/m1/s1. The summed E-state index contributed by atoms with van der Waals surface area (Å²) in [7, 11) is 0. The van der Waals surface area contributed by atoms with Gasteiger partial charge in [0.1, 0.15) is 0 Å². The van der Waals surface area contributed by atoms with Gasteiger partial charge in [0, 0.05) is 19.4 Å². The van der Waals surface area contributed by atoms with Gasteiger partial charge in [0.25, 0.3) is 0 Å². The molecule has 4 nitrogen and oxygen atoms in total. The zero-order valence-corrected chi connectivity index (χ0v) is 16.2. The van der Waals surface area contributed by atoms with Crippen LogP contribution in [0.4, 0.5) is 0 Å². The molecule has 0 aromatic heterocycles. The van der Waals surface area contributed by atoms with Gasteiger partial charge in [-0.05, 0) is 36.2 Å². The molecule has 1 rings (SSSR count). The first-order chi connectivity index (χ1) is 11.8. The van der Waals surface area contributed by atoms with E-state index < -0.39 is 0 Å². The van der Waals surface area contributed by atoms with Gasteiger partial charge in [-0.25, -0.2) is 0 Å². The van der Waals surface area contributed by atoms with Gasteiger partial charge in [0.05, 0.1) is 6.04 Å². The average molecular weight is 347 g/mol. The summed E-state index contributed by atoms with van der Waals surface area (Å²) in [6.45, 7) is 15.9. The minimum absolute atomic E-state index is 0.0530. The van der Waals surface area contributed by atoms with Crippen LogP contribution in [0.5, 0.6) is 0 Å². The van der Waals surface area contributed by atoms with Crippen molar-refractivity contribution >= 4 is 11.8 Å². The van der Waals surface area contributed by atoms with E-state index in [0.717, 1.165) is 18.4 Å². The molecule has 0 radical (unpaired) electrons. The highest BCUT2D eigenvalue weighted by Crippen LogP contribution is 2.38. The van der Waals surface area contributed by atoms with Crippen LogP contribution in [0.3, 0.4) is 0 Å². The average Bonchev–Trinajstić information content (AvgIpc) is 2.55. The van der Waals surface area contributed by atoms with Crippen LogP contribution < -0.4 is 10.6 Å². The fourth-order valence-electron chi connectivity index (χ4n) is 3.80. The maximum Gasteiger partial charge on any atom is 0.223 e. The second kappa shape index (κ2) is 10.2. The van der Waals surface area contributed by atoms with E-state index in [9.17, 15) is 9.59 Å². The predicted octanol–water partition coefficient (Wildman–Crippen LogP) is 3.61. The molecule has 1 aliphatic rings. The van der Waals surface area contributed by atoms with Crippen LogP contribution in [0, 0.1) is 23.7 Å². The van der Waals surface area contributed by atoms with Crippen molar-refractivity contribution in [3.63, 3.8) is 0 Å². The maximum absolute atomic E-state index is 12.8. The Morgan fingerprint density at radius 3 is 2.44 bits per heavy atom. The fourth-order valence-corrected chi connectivity index (χ4v) is 3.80. The van der Waals surface area contributed by atoms with Crippen LogP contribution in [-0.4, -0.2) is 24.4 Å². The highest BCUT2D eigenvalue weighted by atomic mass is 16.2. The van der Waals surface area contributed by atoms with Gasteiger partial charge < -0.3 is 10.6 Å². The van der Waals surface area contributed by atoms with Crippen molar-refractivity contribution in [3.05, 3.63) is 37.0 Å². The summed E-state index contributed by atoms with van der Waals surface area (Å²) in [5.74, 6) is 1.53. The Bertz CT molecular complexity index is 522. The number of nitrogens with one attached hydrogen (secondary N) is 2. The minimum Gasteiger partial charge on any atom is -0.353 e. The predicted molar refractivity (Wildman–Crippen MR) is 104 cm³/mol. The first kappa shape index (κ1) is 21.2. The Hall–Kier alpha value is -1.84. The lowest BCUT2D eigenvalue weighted by Crippen LogP contribution is -2.47. The number of hydrogen-bond acceptors (Lipinski definition) is 2. The van der Waals surface area contributed by atoms with E-state index in [-0.39, 0.29) is 23.8 Å². The Balaban J connectivity index is 2.80. The number of hydrogen-bond donors (Lipinski definition) is 2. The molecule has 4 heteroatoms. The Labute approximate surface area is 152 Å². The van der Waals surface area contributed by atoms with Gasteiger partial charge in [-0.15, -0.1) is 0 Å². The van der Waals surface area contributed by atoms with Crippen LogP contribution >= 0.6 is 0 Å². The maximum atomic E-state index is 12.8. The molecule has 0 aromatic rings. The number of carbonyl (C=O) groups is 2. The Kier molecular flexibility index (Phi) is 8.67. The van der Waals surface area contributed by atoms with Crippen molar-refractivity contribution in [1.29, 1.82) is 0 Å². The van der Waals surface area contributed by atoms with Gasteiger partial charge in [0.15, 0.2) is 0 Å². The second-order valence-corrected chi connectivity index (χ2v) is 7.54. The second-order valence-electron chi connectivity index (χ2n) is 7.54. The third-order valence-corrected chi connectivity index (χ3v) is 5.17. The van der Waals surface area contributed by atoms with Crippen molar-refractivity contribution in [2.24, 2.45) is 23.7 Å². The van der Waals surface area contributed by atoms with Crippen molar-refractivity contribution in [1.82, 2.24) is 10.6 Å². The molecular weight excluding hydrogens is 312 g/mol. The molecule has 2 N–H and O–H groups in total. The van der Waals surface area contributed by atoms with Crippen molar-refractivity contribution < 1.29 is 9.59 Å². The molecule has 0 spiro atoms. The first-order valence-corrected chi connectivity index (χ1v) is 9.29. The van der Waals surface area contributed by atoms with E-state index in [4.69, 9.17) is 0 Å². The third-order valence-electron chi connectivity index (χ3n) is 5.17. The van der Waals surface area contributed by atoms with E-state index in [1.54, 1.807) is 18.2 Å². The van der Waals surface area contributed by atoms with E-state index in [2.05, 4.69) is 44.6 Å². The Morgan fingerprint density at radius 1 is 1.24 bits per heavy atom. The van der Waals surface area contributed by atoms with Crippen molar-refractivity contribution in [2.75, 3.05) is 6.54 Å². The molecule has 140 valence electrons. The van der Waals surface area contributed by atoms with Crippen LogP contribution in [0.15, 0.2) is 37.0 Å². The number of rotatable bonds is 8. The molecule has 0 aromatic carbocycles. The molecule has 1 saturated carbocycles. The molecule has 2 amide bonds. The van der Waals surface area contributed by atoms with Crippen LogP contribution in [0.25, 0.3) is 0 Å². The molecule has 4 atom stereocenters. The molecule has 0 aliphatic heterocycles. The minimum atomic E-state index is -0.296. The Morgan fingerprint density at radius 2 is 1.92 bits per heavy atom. The van der Waals surface area contributed by atoms with Crippen molar-refractivity contribution in [2.45, 2.75) is 53.0 Å². The molecular formula is C21H34N2O2. The molecule has 0 heterocycles. The molecule has 1 aliphatic carbocycles. The smallest absolute Gasteiger partial charge is 0.223 e. The number of allylic oxidation sites excluding steroid dienone is 2. The monoisotopic (exact) mass is 346 g/mol. The van der Waals surface area contributed by atoms with E-state index in [1.165, 1.54) is 13.3 Å². The van der Waals surface area contributed by atoms with Crippen LogP contribution in [0.2, 0.25) is 0 Å². The van der Waals surface area contributed by atoms with Gasteiger partial charge in [0.2, 0.25) is 11.8 Å². The van der Waals surface area contributed by atoms with Crippen LogP contribution in [-0.2, 0) is 9.59 Å². The molecule has 1 fully saturated rings. The highest BCUT2D eigenvalue weighted by Gasteiger charge is 2.35. The van der Waals surface area contributed by atoms with Crippen LogP contribution in [0.1, 0.15) is 47.0 Å². The zero-order valence-electron chi connectivity index (χ0n) is 16.2. The fraction of sp³-hybridized carbons (Fsp3) is 0.619. The summed E-state index contributed by atoms with van der Waals surface area (Å²) in [6, 6.07) is -0.296. The number of amides is 2. The molecule has 0 saturated heterocycles. The van der Waals surface area contributed by atoms with E-state index in [1.807, 2.05) is 0 Å². The lowest BCUT2D eigenvalue weighted by Gasteiger charge is -2.36. The first-order valence-electron chi connectivity index (χ1n) is 9.29. The van der Waals surface area contributed by atoms with Crippen molar-refractivity contribution in [3.8, 4) is 0 Å². The number of carbonyl (C=O) groups excluding carboxylic acids is 2. The lowest BCUT2D eigenvalue weighted by atomic mass is 9.70. The normalized spacial score (nSPS) is 25.2. The summed E-state index contributed by atoms with van der Waals surface area (Å²) in [6.07, 6.45) is 8.40. The van der Waals surface area contributed by atoms with E-state index in [0.29, 0.717) is 24.3 Å². The topological polar surface area (TPSA) is 58.2 Å². The zero-order chi connectivity index (χ0) is 19.0. The summed E-state index contributed by atoms with van der Waals surface area (Å²) in [5.41, 5.74) is 0.836. The highest BCUT2D eigenvalue weighted by molar-refractivity contribution is 5.79. The molecule has 25 heavy (non-hydrogen) atoms. The molecule has 1 unspecified atom stereocenters. The summed E-state index contributed by atoms with van der Waals surface area (Å²) < 4.78 is 0. The largest absolute Gasteiger partial charge is 0.353 e. The molecule has 0 bridgehead atoms. The quantitative estimate of drug-likeness (QED) is 0.660. The summed E-state index contributed by atoms with van der Waals surface area (Å²) in [5, 5.41) is 5.94. The van der Waals surface area contributed by atoms with Gasteiger partial charge in [-0.1, -0.05) is 58.6 Å². The van der Waals surface area contributed by atoms with E-state index >= 15 is 0 Å². The lowest BCUT2D eigenvalue weighted by molar-refractivity contribution is -0.129. The van der Waals surface area contributed by atoms with Gasteiger partial charge >= 0.3 is 0 Å².